The summed E-state index contributed by atoms with van der Waals surface area (Å²) in [5.41, 5.74) is 0.648. The number of likely N-dealkylation sites (N-methyl/N-ethyl adjacent to an activating group) is 1. The molecule has 0 spiro atoms. The molecule has 104 valence electrons. The maximum absolute atomic E-state index is 11.0. The number of halogens is 1. The van der Waals surface area contributed by atoms with Crippen LogP contribution in [0.5, 0.6) is 0 Å². The van der Waals surface area contributed by atoms with Crippen LogP contribution >= 0.6 is 11.6 Å². The first-order valence-electron chi connectivity index (χ1n) is 6.42. The molecule has 19 heavy (non-hydrogen) atoms. The molecule has 1 aromatic carbocycles. The van der Waals surface area contributed by atoms with E-state index in [1.807, 2.05) is 0 Å². The van der Waals surface area contributed by atoms with Crippen molar-refractivity contribution in [2.75, 3.05) is 20.1 Å². The highest BCUT2D eigenvalue weighted by molar-refractivity contribution is 6.31. The first-order valence-corrected chi connectivity index (χ1v) is 6.80. The molecular weight excluding hydrogens is 266 g/mol. The third kappa shape index (κ3) is 3.43. The Bertz CT molecular complexity index is 467. The Morgan fingerprint density at radius 2 is 2.37 bits per heavy atom. The van der Waals surface area contributed by atoms with Crippen LogP contribution in [0.15, 0.2) is 18.2 Å². The highest BCUT2D eigenvalue weighted by Gasteiger charge is 2.21. The smallest absolute Gasteiger partial charge is 0.275 e. The van der Waals surface area contributed by atoms with Crippen LogP contribution in [-0.4, -0.2) is 36.0 Å². The minimum Gasteiger partial charge on any atom is -0.311 e. The van der Waals surface area contributed by atoms with Gasteiger partial charge in [0.25, 0.3) is 5.69 Å². The number of nitrogens with one attached hydrogen (secondary N) is 1. The fraction of sp³-hybridized carbons (Fsp3) is 0.538. The van der Waals surface area contributed by atoms with Crippen molar-refractivity contribution in [3.05, 3.63) is 38.9 Å². The fourth-order valence-electron chi connectivity index (χ4n) is 2.49. The Morgan fingerprint density at radius 1 is 1.58 bits per heavy atom. The van der Waals surface area contributed by atoms with Crippen molar-refractivity contribution < 1.29 is 4.92 Å². The second kappa shape index (κ2) is 6.32. The van der Waals surface area contributed by atoms with Crippen molar-refractivity contribution in [2.45, 2.75) is 25.4 Å². The molecule has 6 heteroatoms. The number of likely N-dealkylation sites (tertiary alicyclic amines) is 1. The van der Waals surface area contributed by atoms with Gasteiger partial charge in [-0.15, -0.1) is 0 Å². The largest absolute Gasteiger partial charge is 0.311 e. The first kappa shape index (κ1) is 14.2. The van der Waals surface area contributed by atoms with E-state index in [2.05, 4.69) is 17.3 Å². The van der Waals surface area contributed by atoms with Crippen molar-refractivity contribution in [3.63, 3.8) is 0 Å². The van der Waals surface area contributed by atoms with Gasteiger partial charge in [0, 0.05) is 25.2 Å². The Morgan fingerprint density at radius 3 is 3.00 bits per heavy atom. The normalized spacial score (nSPS) is 19.8. The molecule has 1 fully saturated rings. The van der Waals surface area contributed by atoms with Crippen molar-refractivity contribution in [1.82, 2.24) is 10.2 Å². The average Bonchev–Trinajstić information content (AvgIpc) is 2.77. The molecule has 0 aliphatic carbocycles. The third-order valence-corrected chi connectivity index (χ3v) is 4.00. The molecule has 1 aliphatic rings. The summed E-state index contributed by atoms with van der Waals surface area (Å²) in [5.74, 6) is 0. The van der Waals surface area contributed by atoms with Crippen LogP contribution in [0.1, 0.15) is 18.4 Å². The molecule has 0 saturated carbocycles. The number of nitro groups is 1. The Hall–Kier alpha value is -1.17. The van der Waals surface area contributed by atoms with E-state index < -0.39 is 0 Å². The molecular formula is C13H18ClN3O2. The number of nitrogens with zero attached hydrogens (tertiary/aromatic N) is 2. The lowest BCUT2D eigenvalue weighted by atomic mass is 10.1. The van der Waals surface area contributed by atoms with E-state index in [-0.39, 0.29) is 10.6 Å². The molecule has 1 unspecified atom stereocenters. The van der Waals surface area contributed by atoms with E-state index in [9.17, 15) is 10.1 Å². The van der Waals surface area contributed by atoms with Crippen LogP contribution in [0.4, 0.5) is 5.69 Å². The molecule has 1 aliphatic heterocycles. The van der Waals surface area contributed by atoms with E-state index in [0.29, 0.717) is 23.2 Å². The van der Waals surface area contributed by atoms with Gasteiger partial charge >= 0.3 is 0 Å². The molecule has 1 saturated heterocycles. The van der Waals surface area contributed by atoms with Crippen molar-refractivity contribution >= 4 is 17.3 Å². The van der Waals surface area contributed by atoms with Gasteiger partial charge in [0.15, 0.2) is 0 Å². The monoisotopic (exact) mass is 283 g/mol. The van der Waals surface area contributed by atoms with E-state index in [4.69, 9.17) is 11.6 Å². The predicted octanol–water partition coefficient (Wildman–Crippen LogP) is 2.43. The Balaban J connectivity index is 1.97. The number of nitro benzene ring substituents is 1. The predicted molar refractivity (Wildman–Crippen MR) is 75.5 cm³/mol. The molecule has 5 nitrogen and oxygen atoms in total. The van der Waals surface area contributed by atoms with Gasteiger partial charge in [-0.2, -0.15) is 0 Å². The van der Waals surface area contributed by atoms with Gasteiger partial charge in [0.05, 0.1) is 15.5 Å². The maximum Gasteiger partial charge on any atom is 0.275 e. The molecule has 0 amide bonds. The summed E-state index contributed by atoms with van der Waals surface area (Å²) >= 11 is 6.04. The van der Waals surface area contributed by atoms with Crippen LogP contribution in [0.25, 0.3) is 0 Å². The van der Waals surface area contributed by atoms with E-state index in [1.165, 1.54) is 18.9 Å². The lowest BCUT2D eigenvalue weighted by Crippen LogP contribution is -2.35. The molecule has 0 radical (unpaired) electrons. The zero-order valence-electron chi connectivity index (χ0n) is 10.9. The first-order chi connectivity index (χ1) is 9.09. The van der Waals surface area contributed by atoms with E-state index in [1.54, 1.807) is 12.1 Å². The lowest BCUT2D eigenvalue weighted by molar-refractivity contribution is -0.385. The van der Waals surface area contributed by atoms with Crippen molar-refractivity contribution in [3.8, 4) is 0 Å². The Labute approximate surface area is 117 Å². The molecule has 1 aromatic rings. The maximum atomic E-state index is 11.0. The topological polar surface area (TPSA) is 58.4 Å². The van der Waals surface area contributed by atoms with Gasteiger partial charge < -0.3 is 10.2 Å². The molecule has 1 heterocycles. The van der Waals surface area contributed by atoms with Crippen LogP contribution in [0.3, 0.4) is 0 Å². The third-order valence-electron chi connectivity index (χ3n) is 3.64. The zero-order chi connectivity index (χ0) is 13.8. The summed E-state index contributed by atoms with van der Waals surface area (Å²) in [6, 6.07) is 5.30. The van der Waals surface area contributed by atoms with Crippen LogP contribution in [0, 0.1) is 10.1 Å². The molecule has 0 aromatic heterocycles. The summed E-state index contributed by atoms with van der Waals surface area (Å²) in [7, 11) is 2.11. The van der Waals surface area contributed by atoms with Crippen molar-refractivity contribution in [1.29, 1.82) is 0 Å². The summed E-state index contributed by atoms with van der Waals surface area (Å²) < 4.78 is 0. The standard InChI is InChI=1S/C13H18ClN3O2/c1-16-7-3-4-10(16)8-15-9-11-12(14)5-2-6-13(11)17(18)19/h2,5-6,10,15H,3-4,7-9H2,1H3. The number of hydrogen-bond donors (Lipinski definition) is 1. The Kier molecular flexibility index (Phi) is 4.74. The molecule has 1 N–H and O–H groups in total. The quantitative estimate of drug-likeness (QED) is 0.666. The van der Waals surface area contributed by atoms with Gasteiger partial charge in [-0.25, -0.2) is 0 Å². The second-order valence-electron chi connectivity index (χ2n) is 4.90. The highest BCUT2D eigenvalue weighted by atomic mass is 35.5. The SMILES string of the molecule is CN1CCCC1CNCc1c(Cl)cccc1[N+](=O)[O-]. The van der Waals surface area contributed by atoms with Gasteiger partial charge in [0.1, 0.15) is 0 Å². The average molecular weight is 284 g/mol. The van der Waals surface area contributed by atoms with Crippen molar-refractivity contribution in [2.24, 2.45) is 0 Å². The van der Waals surface area contributed by atoms with Crippen LogP contribution < -0.4 is 5.32 Å². The van der Waals surface area contributed by atoms with Gasteiger partial charge in [0.2, 0.25) is 0 Å². The molecule has 0 bridgehead atoms. The zero-order valence-corrected chi connectivity index (χ0v) is 11.7. The minimum absolute atomic E-state index is 0.0831. The van der Waals surface area contributed by atoms with Gasteiger partial charge in [-0.05, 0) is 32.5 Å². The summed E-state index contributed by atoms with van der Waals surface area (Å²) in [6.45, 7) is 2.39. The number of benzene rings is 1. The summed E-state index contributed by atoms with van der Waals surface area (Å²) in [6.07, 6.45) is 2.39. The molecule has 1 atom stereocenters. The second-order valence-corrected chi connectivity index (χ2v) is 5.31. The lowest BCUT2D eigenvalue weighted by Gasteiger charge is -2.19. The van der Waals surface area contributed by atoms with E-state index >= 15 is 0 Å². The summed E-state index contributed by atoms with van der Waals surface area (Å²) in [4.78, 5) is 12.9. The summed E-state index contributed by atoms with van der Waals surface area (Å²) in [5, 5.41) is 14.7. The highest BCUT2D eigenvalue weighted by Crippen LogP contribution is 2.26. The number of hydrogen-bond acceptors (Lipinski definition) is 4. The van der Waals surface area contributed by atoms with Gasteiger partial charge in [-0.1, -0.05) is 17.7 Å². The van der Waals surface area contributed by atoms with Crippen LogP contribution in [0.2, 0.25) is 5.02 Å². The van der Waals surface area contributed by atoms with Gasteiger partial charge in [-0.3, -0.25) is 10.1 Å². The minimum atomic E-state index is -0.384. The van der Waals surface area contributed by atoms with Crippen LogP contribution in [-0.2, 0) is 6.54 Å². The molecule has 2 rings (SSSR count). The fourth-order valence-corrected chi connectivity index (χ4v) is 2.73. The number of rotatable bonds is 5. The van der Waals surface area contributed by atoms with E-state index in [0.717, 1.165) is 13.1 Å².